The van der Waals surface area contributed by atoms with Crippen molar-refractivity contribution in [3.63, 3.8) is 0 Å². The van der Waals surface area contributed by atoms with Crippen LogP contribution < -0.4 is 5.32 Å². The number of anilines is 1. The first-order chi connectivity index (χ1) is 14.6. The second kappa shape index (κ2) is 8.96. The third kappa shape index (κ3) is 4.77. The number of benzene rings is 2. The molecular formula is C22H22N6OS. The van der Waals surface area contributed by atoms with Crippen LogP contribution in [-0.4, -0.2) is 36.2 Å². The Morgan fingerprint density at radius 1 is 1.07 bits per heavy atom. The average molecular weight is 419 g/mol. The lowest BCUT2D eigenvalue weighted by molar-refractivity contribution is -0.113. The van der Waals surface area contributed by atoms with Crippen LogP contribution in [0.3, 0.4) is 0 Å². The Morgan fingerprint density at radius 2 is 1.83 bits per heavy atom. The monoisotopic (exact) mass is 418 g/mol. The molecule has 2 aromatic carbocycles. The molecule has 0 saturated carbocycles. The molecule has 0 bridgehead atoms. The molecule has 0 saturated heterocycles. The summed E-state index contributed by atoms with van der Waals surface area (Å²) in [5.41, 5.74) is 4.12. The molecule has 0 atom stereocenters. The van der Waals surface area contributed by atoms with E-state index in [4.69, 9.17) is 0 Å². The summed E-state index contributed by atoms with van der Waals surface area (Å²) in [5.74, 6) is 0.787. The lowest BCUT2D eigenvalue weighted by Gasteiger charge is -2.09. The van der Waals surface area contributed by atoms with Gasteiger partial charge in [0.1, 0.15) is 12.1 Å². The fourth-order valence-corrected chi connectivity index (χ4v) is 3.77. The van der Waals surface area contributed by atoms with Crippen molar-refractivity contribution in [1.82, 2.24) is 24.5 Å². The topological polar surface area (TPSA) is 77.6 Å². The molecule has 152 valence electrons. The van der Waals surface area contributed by atoms with Crippen LogP contribution in [0.2, 0.25) is 0 Å². The Bertz CT molecular complexity index is 1130. The average Bonchev–Trinajstić information content (AvgIpc) is 3.34. The zero-order valence-corrected chi connectivity index (χ0v) is 17.6. The molecule has 8 heteroatoms. The quantitative estimate of drug-likeness (QED) is 0.461. The highest BCUT2D eigenvalue weighted by atomic mass is 32.2. The van der Waals surface area contributed by atoms with E-state index < -0.39 is 0 Å². The molecule has 0 fully saturated rings. The van der Waals surface area contributed by atoms with Gasteiger partial charge in [0.25, 0.3) is 0 Å². The fraction of sp³-hybridized carbons (Fsp3) is 0.182. The van der Waals surface area contributed by atoms with Gasteiger partial charge in [0.15, 0.2) is 5.16 Å². The zero-order valence-electron chi connectivity index (χ0n) is 16.8. The van der Waals surface area contributed by atoms with Gasteiger partial charge in [-0.2, -0.15) is 5.10 Å². The van der Waals surface area contributed by atoms with E-state index in [0.717, 1.165) is 16.9 Å². The van der Waals surface area contributed by atoms with E-state index in [2.05, 4.69) is 20.6 Å². The van der Waals surface area contributed by atoms with E-state index in [1.165, 1.54) is 17.3 Å². The minimum absolute atomic E-state index is 0.118. The van der Waals surface area contributed by atoms with Crippen molar-refractivity contribution in [2.24, 2.45) is 0 Å². The van der Waals surface area contributed by atoms with Crippen LogP contribution in [0, 0.1) is 13.8 Å². The summed E-state index contributed by atoms with van der Waals surface area (Å²) in [7, 11) is 0. The summed E-state index contributed by atoms with van der Waals surface area (Å²) < 4.78 is 3.68. The van der Waals surface area contributed by atoms with Crippen molar-refractivity contribution in [2.75, 3.05) is 11.1 Å². The number of aryl methyl sites for hydroxylation is 2. The van der Waals surface area contributed by atoms with E-state index in [-0.39, 0.29) is 11.7 Å². The molecule has 2 heterocycles. The number of hydrogen-bond donors (Lipinski definition) is 1. The maximum absolute atomic E-state index is 12.6. The Hall–Kier alpha value is -3.39. The van der Waals surface area contributed by atoms with Crippen LogP contribution in [0.5, 0.6) is 0 Å². The highest BCUT2D eigenvalue weighted by molar-refractivity contribution is 7.99. The van der Waals surface area contributed by atoms with E-state index >= 15 is 0 Å². The SMILES string of the molecule is Cc1ccc(-n2cnnc2SCC(=O)Nc2cc(C)nn2Cc2ccccc2)cc1. The highest BCUT2D eigenvalue weighted by Crippen LogP contribution is 2.20. The molecule has 1 amide bonds. The standard InChI is InChI=1S/C22H22N6OS/c1-16-8-10-19(11-9-16)27-15-23-25-22(27)30-14-21(29)24-20-12-17(2)26-28(20)13-18-6-4-3-5-7-18/h3-12,15H,13-14H2,1-2H3,(H,24,29). The molecular weight excluding hydrogens is 396 g/mol. The molecule has 0 unspecified atom stereocenters. The lowest BCUT2D eigenvalue weighted by atomic mass is 10.2. The Kier molecular flexibility index (Phi) is 5.94. The van der Waals surface area contributed by atoms with E-state index in [9.17, 15) is 4.79 Å². The molecule has 4 aromatic rings. The summed E-state index contributed by atoms with van der Waals surface area (Å²) in [5, 5.41) is 16.3. The largest absolute Gasteiger partial charge is 0.310 e. The second-order valence-electron chi connectivity index (χ2n) is 6.97. The molecule has 0 aliphatic rings. The van der Waals surface area contributed by atoms with Gasteiger partial charge in [-0.05, 0) is 31.5 Å². The first-order valence-electron chi connectivity index (χ1n) is 9.56. The number of rotatable bonds is 7. The molecule has 2 aromatic heterocycles. The summed E-state index contributed by atoms with van der Waals surface area (Å²) >= 11 is 1.34. The third-order valence-electron chi connectivity index (χ3n) is 4.51. The van der Waals surface area contributed by atoms with Gasteiger partial charge in [-0.1, -0.05) is 59.8 Å². The normalized spacial score (nSPS) is 10.9. The number of aromatic nitrogens is 5. The van der Waals surface area contributed by atoms with Crippen LogP contribution in [0.25, 0.3) is 5.69 Å². The summed E-state index contributed by atoms with van der Waals surface area (Å²) in [6.07, 6.45) is 1.66. The molecule has 4 rings (SSSR count). The van der Waals surface area contributed by atoms with Gasteiger partial charge < -0.3 is 5.32 Å². The van der Waals surface area contributed by atoms with Gasteiger partial charge in [0.05, 0.1) is 18.0 Å². The predicted molar refractivity (Wildman–Crippen MR) is 118 cm³/mol. The van der Waals surface area contributed by atoms with Crippen molar-refractivity contribution in [1.29, 1.82) is 0 Å². The molecule has 0 aliphatic heterocycles. The minimum atomic E-state index is -0.118. The maximum Gasteiger partial charge on any atom is 0.235 e. The van der Waals surface area contributed by atoms with Gasteiger partial charge in [-0.3, -0.25) is 9.36 Å². The number of nitrogens with zero attached hydrogens (tertiary/aromatic N) is 5. The fourth-order valence-electron chi connectivity index (χ4n) is 3.04. The second-order valence-corrected chi connectivity index (χ2v) is 7.91. The first-order valence-corrected chi connectivity index (χ1v) is 10.5. The minimum Gasteiger partial charge on any atom is -0.310 e. The van der Waals surface area contributed by atoms with Crippen LogP contribution in [0.15, 0.2) is 72.1 Å². The van der Waals surface area contributed by atoms with Crippen molar-refractivity contribution >= 4 is 23.5 Å². The van der Waals surface area contributed by atoms with Crippen LogP contribution in [0.4, 0.5) is 5.82 Å². The smallest absolute Gasteiger partial charge is 0.235 e. The number of nitrogens with one attached hydrogen (secondary N) is 1. The Morgan fingerprint density at radius 3 is 2.60 bits per heavy atom. The molecule has 0 radical (unpaired) electrons. The Balaban J connectivity index is 1.41. The molecule has 0 aliphatic carbocycles. The van der Waals surface area contributed by atoms with Crippen LogP contribution in [-0.2, 0) is 11.3 Å². The molecule has 0 spiro atoms. The number of carbonyl (C=O) groups is 1. The Labute approximate surface area is 179 Å². The first kappa shape index (κ1) is 19.9. The molecule has 30 heavy (non-hydrogen) atoms. The maximum atomic E-state index is 12.6. The van der Waals surface area contributed by atoms with E-state index in [0.29, 0.717) is 17.5 Å². The van der Waals surface area contributed by atoms with E-state index in [1.807, 2.05) is 83.8 Å². The van der Waals surface area contributed by atoms with Crippen LogP contribution in [0.1, 0.15) is 16.8 Å². The summed E-state index contributed by atoms with van der Waals surface area (Å²) in [6.45, 7) is 4.55. The lowest BCUT2D eigenvalue weighted by Crippen LogP contribution is -2.18. The molecule has 7 nitrogen and oxygen atoms in total. The van der Waals surface area contributed by atoms with Gasteiger partial charge in [0.2, 0.25) is 5.91 Å². The van der Waals surface area contributed by atoms with Crippen LogP contribution >= 0.6 is 11.8 Å². The van der Waals surface area contributed by atoms with Crippen molar-refractivity contribution in [3.8, 4) is 5.69 Å². The molecule has 1 N–H and O–H groups in total. The van der Waals surface area contributed by atoms with E-state index in [1.54, 1.807) is 6.33 Å². The summed E-state index contributed by atoms with van der Waals surface area (Å²) in [4.78, 5) is 12.6. The number of amides is 1. The number of carbonyl (C=O) groups excluding carboxylic acids is 1. The zero-order chi connectivity index (χ0) is 20.9. The van der Waals surface area contributed by atoms with Gasteiger partial charge in [-0.25, -0.2) is 4.68 Å². The third-order valence-corrected chi connectivity index (χ3v) is 5.45. The summed E-state index contributed by atoms with van der Waals surface area (Å²) in [6, 6.07) is 20.0. The number of hydrogen-bond acceptors (Lipinski definition) is 5. The highest BCUT2D eigenvalue weighted by Gasteiger charge is 2.13. The van der Waals surface area contributed by atoms with Gasteiger partial charge in [-0.15, -0.1) is 10.2 Å². The van der Waals surface area contributed by atoms with Crippen molar-refractivity contribution in [2.45, 2.75) is 25.5 Å². The van der Waals surface area contributed by atoms with Crippen molar-refractivity contribution in [3.05, 3.63) is 83.8 Å². The number of thioether (sulfide) groups is 1. The predicted octanol–water partition coefficient (Wildman–Crippen LogP) is 3.86. The van der Waals surface area contributed by atoms with Gasteiger partial charge in [0, 0.05) is 11.8 Å². The van der Waals surface area contributed by atoms with Gasteiger partial charge >= 0.3 is 0 Å². The van der Waals surface area contributed by atoms with Crippen molar-refractivity contribution < 1.29 is 4.79 Å².